The van der Waals surface area contributed by atoms with Gasteiger partial charge in [0, 0.05) is 23.3 Å². The number of rotatable bonds is 3. The maximum Gasteiger partial charge on any atom is 0.391 e. The Bertz CT molecular complexity index is 419. The van der Waals surface area contributed by atoms with Crippen molar-refractivity contribution in [2.75, 3.05) is 13.1 Å². The minimum absolute atomic E-state index is 0.0817. The van der Waals surface area contributed by atoms with Gasteiger partial charge in [-0.3, -0.25) is 0 Å². The van der Waals surface area contributed by atoms with Gasteiger partial charge in [0.25, 0.3) is 0 Å². The van der Waals surface area contributed by atoms with Crippen molar-refractivity contribution in [2.24, 2.45) is 0 Å². The number of piperidine rings is 1. The number of hydrogen-bond acceptors (Lipinski definition) is 2. The summed E-state index contributed by atoms with van der Waals surface area (Å²) in [6.07, 6.45) is 0.146. The largest absolute Gasteiger partial charge is 0.391 e. The van der Waals surface area contributed by atoms with Crippen LogP contribution in [0.2, 0.25) is 0 Å². The zero-order chi connectivity index (χ0) is 14.1. The molecule has 1 N–H and O–H groups in total. The smallest absolute Gasteiger partial charge is 0.331 e. The van der Waals surface area contributed by atoms with E-state index in [1.807, 2.05) is 0 Å². The van der Waals surface area contributed by atoms with Gasteiger partial charge in [-0.05, 0) is 32.9 Å². The maximum atomic E-state index is 12.5. The number of hydrogen-bond donors (Lipinski definition) is 1. The normalized spacial score (nSPS) is 21.3. The summed E-state index contributed by atoms with van der Waals surface area (Å²) in [5.41, 5.74) is 0.840. The van der Waals surface area contributed by atoms with Crippen LogP contribution in [0.15, 0.2) is 12.5 Å². The average Bonchev–Trinajstić information content (AvgIpc) is 2.77. The number of nitrogens with one attached hydrogen (secondary N) is 1. The first-order valence-corrected chi connectivity index (χ1v) is 6.62. The molecule has 1 aromatic heterocycles. The molecule has 1 unspecified atom stereocenters. The van der Waals surface area contributed by atoms with E-state index in [4.69, 9.17) is 0 Å². The fourth-order valence-corrected chi connectivity index (χ4v) is 2.79. The Hall–Kier alpha value is -1.04. The molecule has 1 atom stereocenters. The van der Waals surface area contributed by atoms with Crippen LogP contribution in [0, 0.1) is 0 Å². The fraction of sp³-hybridized carbons (Fsp3) is 0.769. The molecule has 2 heterocycles. The van der Waals surface area contributed by atoms with E-state index in [1.54, 1.807) is 17.7 Å². The van der Waals surface area contributed by atoms with E-state index in [1.165, 1.54) is 6.33 Å². The summed E-state index contributed by atoms with van der Waals surface area (Å²) in [6.45, 7) is 5.51. The molecule has 0 spiro atoms. The molecule has 0 amide bonds. The first-order valence-electron chi connectivity index (χ1n) is 6.62. The van der Waals surface area contributed by atoms with Gasteiger partial charge in [-0.25, -0.2) is 4.98 Å². The van der Waals surface area contributed by atoms with E-state index in [-0.39, 0.29) is 5.41 Å². The van der Waals surface area contributed by atoms with Crippen molar-refractivity contribution in [1.82, 2.24) is 14.9 Å². The number of nitrogens with zero attached hydrogens (tertiary/aromatic N) is 2. The van der Waals surface area contributed by atoms with Gasteiger partial charge < -0.3 is 9.88 Å². The first kappa shape index (κ1) is 14.4. The molecule has 1 saturated heterocycles. The van der Waals surface area contributed by atoms with Crippen molar-refractivity contribution in [3.63, 3.8) is 0 Å². The second-order valence-electron chi connectivity index (χ2n) is 5.67. The molecule has 0 saturated carbocycles. The molecular formula is C13H20F3N3. The average molecular weight is 275 g/mol. The molecule has 1 aliphatic heterocycles. The molecule has 0 bridgehead atoms. The Balaban J connectivity index is 2.21. The van der Waals surface area contributed by atoms with Crippen LogP contribution in [0.3, 0.4) is 0 Å². The predicted molar refractivity (Wildman–Crippen MR) is 67.1 cm³/mol. The third-order valence-corrected chi connectivity index (χ3v) is 3.99. The molecule has 1 aromatic rings. The molecule has 0 aliphatic carbocycles. The summed E-state index contributed by atoms with van der Waals surface area (Å²) in [4.78, 5) is 4.07. The van der Waals surface area contributed by atoms with E-state index in [9.17, 15) is 13.2 Å². The third kappa shape index (κ3) is 3.29. The van der Waals surface area contributed by atoms with Gasteiger partial charge in [-0.2, -0.15) is 13.2 Å². The van der Waals surface area contributed by atoms with Crippen LogP contribution < -0.4 is 5.32 Å². The van der Waals surface area contributed by atoms with Crippen molar-refractivity contribution in [3.8, 4) is 0 Å². The van der Waals surface area contributed by atoms with Gasteiger partial charge in [-0.1, -0.05) is 6.92 Å². The number of imidazole rings is 1. The Morgan fingerprint density at radius 1 is 1.42 bits per heavy atom. The summed E-state index contributed by atoms with van der Waals surface area (Å²) in [5.74, 6) is 0. The summed E-state index contributed by atoms with van der Waals surface area (Å²) in [6, 6.07) is -0.607. The van der Waals surface area contributed by atoms with Crippen LogP contribution in [-0.4, -0.2) is 28.8 Å². The third-order valence-electron chi connectivity index (χ3n) is 3.99. The number of aromatic nitrogens is 2. The zero-order valence-electron chi connectivity index (χ0n) is 11.3. The first-order chi connectivity index (χ1) is 8.82. The van der Waals surface area contributed by atoms with E-state index >= 15 is 0 Å². The van der Waals surface area contributed by atoms with Crippen LogP contribution >= 0.6 is 0 Å². The number of alkyl halides is 3. The number of halogens is 3. The second-order valence-corrected chi connectivity index (χ2v) is 5.67. The topological polar surface area (TPSA) is 29.9 Å². The molecule has 2 rings (SSSR count). The summed E-state index contributed by atoms with van der Waals surface area (Å²) < 4.78 is 39.3. The van der Waals surface area contributed by atoms with Gasteiger partial charge in [0.1, 0.15) is 0 Å². The van der Waals surface area contributed by atoms with Crippen LogP contribution in [0.5, 0.6) is 0 Å². The predicted octanol–water partition coefficient (Wildman–Crippen LogP) is 3.04. The Labute approximate surface area is 111 Å². The van der Waals surface area contributed by atoms with Crippen LogP contribution in [-0.2, 0) is 5.41 Å². The lowest BCUT2D eigenvalue weighted by atomic mass is 9.78. The maximum absolute atomic E-state index is 12.5. The highest BCUT2D eigenvalue weighted by Crippen LogP contribution is 2.36. The molecule has 108 valence electrons. The molecule has 0 aromatic carbocycles. The highest BCUT2D eigenvalue weighted by molar-refractivity contribution is 5.16. The van der Waals surface area contributed by atoms with Crippen LogP contribution in [0.25, 0.3) is 0 Å². The van der Waals surface area contributed by atoms with Gasteiger partial charge >= 0.3 is 6.18 Å². The fourth-order valence-electron chi connectivity index (χ4n) is 2.79. The minimum atomic E-state index is -4.14. The highest BCUT2D eigenvalue weighted by Gasteiger charge is 2.35. The summed E-state index contributed by atoms with van der Waals surface area (Å²) in [5, 5.41) is 3.28. The van der Waals surface area contributed by atoms with E-state index in [0.29, 0.717) is 0 Å². The van der Waals surface area contributed by atoms with Gasteiger partial charge in [0.2, 0.25) is 0 Å². The molecule has 1 aliphatic rings. The molecular weight excluding hydrogens is 255 g/mol. The monoisotopic (exact) mass is 275 g/mol. The summed E-state index contributed by atoms with van der Waals surface area (Å²) in [7, 11) is 0. The molecule has 0 radical (unpaired) electrons. The molecule has 1 fully saturated rings. The van der Waals surface area contributed by atoms with E-state index in [0.717, 1.165) is 31.6 Å². The highest BCUT2D eigenvalue weighted by atomic mass is 19.4. The van der Waals surface area contributed by atoms with Gasteiger partial charge in [-0.15, -0.1) is 0 Å². The standard InChI is InChI=1S/C13H20F3N3/c1-10(7-13(14,15)16)19-9-18-8-11(19)12(2)3-5-17-6-4-12/h8-10,17H,3-7H2,1-2H3. The summed E-state index contributed by atoms with van der Waals surface area (Å²) >= 11 is 0. The van der Waals surface area contributed by atoms with Crippen LogP contribution in [0.1, 0.15) is 44.8 Å². The van der Waals surface area contributed by atoms with Crippen molar-refractivity contribution in [3.05, 3.63) is 18.2 Å². The lowest BCUT2D eigenvalue weighted by Gasteiger charge is -2.35. The minimum Gasteiger partial charge on any atom is -0.331 e. The lowest BCUT2D eigenvalue weighted by Crippen LogP contribution is -2.39. The van der Waals surface area contributed by atoms with Gasteiger partial charge in [0.15, 0.2) is 0 Å². The van der Waals surface area contributed by atoms with Crippen molar-refractivity contribution in [1.29, 1.82) is 0 Å². The second kappa shape index (κ2) is 5.15. The van der Waals surface area contributed by atoms with Crippen molar-refractivity contribution < 1.29 is 13.2 Å². The Kier molecular flexibility index (Phi) is 3.90. The van der Waals surface area contributed by atoms with E-state index < -0.39 is 18.6 Å². The SMILES string of the molecule is CC(CC(F)(F)F)n1cncc1C1(C)CCNCC1. The zero-order valence-corrected chi connectivity index (χ0v) is 11.3. The van der Waals surface area contributed by atoms with Gasteiger partial charge in [0.05, 0.1) is 12.7 Å². The molecule has 6 heteroatoms. The Morgan fingerprint density at radius 2 is 2.05 bits per heavy atom. The van der Waals surface area contributed by atoms with Crippen molar-refractivity contribution >= 4 is 0 Å². The lowest BCUT2D eigenvalue weighted by molar-refractivity contribution is -0.141. The quantitative estimate of drug-likeness (QED) is 0.919. The van der Waals surface area contributed by atoms with Crippen LogP contribution in [0.4, 0.5) is 13.2 Å². The molecule has 3 nitrogen and oxygen atoms in total. The Morgan fingerprint density at radius 3 is 2.63 bits per heavy atom. The van der Waals surface area contributed by atoms with Crippen molar-refractivity contribution in [2.45, 2.75) is 50.7 Å². The van der Waals surface area contributed by atoms with E-state index in [2.05, 4.69) is 17.2 Å². The molecule has 19 heavy (non-hydrogen) atoms.